The summed E-state index contributed by atoms with van der Waals surface area (Å²) >= 11 is 0. The Labute approximate surface area is 73.7 Å². The highest BCUT2D eigenvalue weighted by atomic mass is 16.5. The van der Waals surface area contributed by atoms with Gasteiger partial charge < -0.3 is 10.5 Å². The number of carbonyl (C=O) groups is 1. The first-order chi connectivity index (χ1) is 6.11. The number of aromatic amines is 1. The molecule has 0 bridgehead atoms. The number of nitrogens with one attached hydrogen (secondary N) is 1. The van der Waals surface area contributed by atoms with E-state index in [4.69, 9.17) is 5.73 Å². The third-order valence-corrected chi connectivity index (χ3v) is 1.37. The van der Waals surface area contributed by atoms with Crippen LogP contribution in [0.3, 0.4) is 0 Å². The second-order valence-electron chi connectivity index (χ2n) is 2.37. The van der Waals surface area contributed by atoms with Crippen molar-refractivity contribution < 1.29 is 9.53 Å². The number of hydrogen-bond acceptors (Lipinski definition) is 5. The third kappa shape index (κ3) is 2.58. The van der Waals surface area contributed by atoms with Gasteiger partial charge in [0.05, 0.1) is 19.2 Å². The van der Waals surface area contributed by atoms with Crippen molar-refractivity contribution in [2.24, 2.45) is 0 Å². The molecule has 0 aromatic carbocycles. The summed E-state index contributed by atoms with van der Waals surface area (Å²) in [4.78, 5) is 27.6. The number of nitrogens with two attached hydrogens (primary N) is 1. The molecule has 6 nitrogen and oxygen atoms in total. The Kier molecular flexibility index (Phi) is 2.63. The lowest BCUT2D eigenvalue weighted by atomic mass is 10.3. The van der Waals surface area contributed by atoms with E-state index in [0.29, 0.717) is 5.69 Å². The summed E-state index contributed by atoms with van der Waals surface area (Å²) in [5, 5.41) is 0. The van der Waals surface area contributed by atoms with Gasteiger partial charge in [0, 0.05) is 6.07 Å². The molecule has 0 radical (unpaired) electrons. The molecule has 6 heteroatoms. The number of aromatic nitrogens is 2. The van der Waals surface area contributed by atoms with E-state index in [1.54, 1.807) is 0 Å². The van der Waals surface area contributed by atoms with E-state index < -0.39 is 5.97 Å². The summed E-state index contributed by atoms with van der Waals surface area (Å²) < 4.78 is 4.40. The SMILES string of the molecule is COC(=O)Cc1cc(=O)[nH]c(N)n1. The van der Waals surface area contributed by atoms with Crippen LogP contribution < -0.4 is 11.3 Å². The van der Waals surface area contributed by atoms with Crippen molar-refractivity contribution >= 4 is 11.9 Å². The molecule has 0 aliphatic carbocycles. The van der Waals surface area contributed by atoms with Gasteiger partial charge in [-0.05, 0) is 0 Å². The minimum atomic E-state index is -0.461. The van der Waals surface area contributed by atoms with Gasteiger partial charge >= 0.3 is 5.97 Å². The monoisotopic (exact) mass is 183 g/mol. The van der Waals surface area contributed by atoms with Gasteiger partial charge in [-0.25, -0.2) is 4.98 Å². The third-order valence-electron chi connectivity index (χ3n) is 1.37. The van der Waals surface area contributed by atoms with Crippen LogP contribution in [0.2, 0.25) is 0 Å². The Balaban J connectivity index is 2.89. The van der Waals surface area contributed by atoms with Crippen LogP contribution in [0, 0.1) is 0 Å². The maximum Gasteiger partial charge on any atom is 0.311 e. The number of methoxy groups -OCH3 is 1. The molecule has 1 aromatic rings. The summed E-state index contributed by atoms with van der Waals surface area (Å²) in [6.45, 7) is 0. The van der Waals surface area contributed by atoms with Crippen molar-refractivity contribution in [1.82, 2.24) is 9.97 Å². The molecular weight excluding hydrogens is 174 g/mol. The van der Waals surface area contributed by atoms with E-state index in [2.05, 4.69) is 14.7 Å². The Morgan fingerprint density at radius 3 is 3.00 bits per heavy atom. The van der Waals surface area contributed by atoms with E-state index in [-0.39, 0.29) is 17.9 Å². The van der Waals surface area contributed by atoms with Gasteiger partial charge in [-0.2, -0.15) is 0 Å². The number of ether oxygens (including phenoxy) is 1. The molecule has 0 unspecified atom stereocenters. The maximum atomic E-state index is 10.9. The fraction of sp³-hybridized carbons (Fsp3) is 0.286. The first-order valence-electron chi connectivity index (χ1n) is 3.54. The lowest BCUT2D eigenvalue weighted by Gasteiger charge is -1.98. The van der Waals surface area contributed by atoms with Gasteiger partial charge in [-0.1, -0.05) is 0 Å². The smallest absolute Gasteiger partial charge is 0.311 e. The quantitative estimate of drug-likeness (QED) is 0.577. The molecule has 1 heterocycles. The Morgan fingerprint density at radius 1 is 1.77 bits per heavy atom. The van der Waals surface area contributed by atoms with E-state index in [0.717, 1.165) is 0 Å². The molecule has 0 aliphatic heterocycles. The Bertz CT molecular complexity index is 371. The lowest BCUT2D eigenvalue weighted by molar-refractivity contribution is -0.139. The zero-order chi connectivity index (χ0) is 9.84. The largest absolute Gasteiger partial charge is 0.469 e. The first-order valence-corrected chi connectivity index (χ1v) is 3.54. The molecule has 0 saturated heterocycles. The maximum absolute atomic E-state index is 10.9. The molecule has 0 aliphatic rings. The number of hydrogen-bond donors (Lipinski definition) is 2. The summed E-state index contributed by atoms with van der Waals surface area (Å²) in [5.41, 5.74) is 5.17. The van der Waals surface area contributed by atoms with Gasteiger partial charge in [0.2, 0.25) is 5.95 Å². The molecule has 0 atom stereocenters. The zero-order valence-corrected chi connectivity index (χ0v) is 7.03. The molecular formula is C7H9N3O3. The molecule has 3 N–H and O–H groups in total. The predicted octanol–water partition coefficient (Wildman–Crippen LogP) is -0.932. The predicted molar refractivity (Wildman–Crippen MR) is 45.0 cm³/mol. The minimum Gasteiger partial charge on any atom is -0.469 e. The first kappa shape index (κ1) is 9.24. The van der Waals surface area contributed by atoms with Crippen molar-refractivity contribution in [1.29, 1.82) is 0 Å². The summed E-state index contributed by atoms with van der Waals surface area (Å²) in [6, 6.07) is 1.20. The molecule has 0 fully saturated rings. The van der Waals surface area contributed by atoms with E-state index in [9.17, 15) is 9.59 Å². The van der Waals surface area contributed by atoms with Gasteiger partial charge in [0.25, 0.3) is 5.56 Å². The van der Waals surface area contributed by atoms with Crippen LogP contribution in [0.15, 0.2) is 10.9 Å². The van der Waals surface area contributed by atoms with Crippen LogP contribution in [0.25, 0.3) is 0 Å². The molecule has 70 valence electrons. The van der Waals surface area contributed by atoms with E-state index in [1.807, 2.05) is 0 Å². The number of anilines is 1. The van der Waals surface area contributed by atoms with Crippen molar-refractivity contribution in [2.45, 2.75) is 6.42 Å². The second kappa shape index (κ2) is 3.70. The molecule has 1 aromatic heterocycles. The topological polar surface area (TPSA) is 98.1 Å². The molecule has 0 saturated carbocycles. The number of rotatable bonds is 2. The Morgan fingerprint density at radius 2 is 2.46 bits per heavy atom. The van der Waals surface area contributed by atoms with Crippen LogP contribution in [-0.4, -0.2) is 23.0 Å². The Hall–Kier alpha value is -1.85. The highest BCUT2D eigenvalue weighted by Gasteiger charge is 2.05. The van der Waals surface area contributed by atoms with Crippen LogP contribution in [0.1, 0.15) is 5.69 Å². The minimum absolute atomic E-state index is 0.00796. The van der Waals surface area contributed by atoms with Gasteiger partial charge in [0.1, 0.15) is 0 Å². The van der Waals surface area contributed by atoms with Crippen LogP contribution in [-0.2, 0) is 16.0 Å². The number of H-pyrrole nitrogens is 1. The normalized spacial score (nSPS) is 9.62. The van der Waals surface area contributed by atoms with Crippen molar-refractivity contribution in [2.75, 3.05) is 12.8 Å². The van der Waals surface area contributed by atoms with E-state index in [1.165, 1.54) is 13.2 Å². The fourth-order valence-corrected chi connectivity index (χ4v) is 0.839. The van der Waals surface area contributed by atoms with Gasteiger partial charge in [-0.3, -0.25) is 14.6 Å². The average Bonchev–Trinajstić information content (AvgIpc) is 2.02. The van der Waals surface area contributed by atoms with Crippen molar-refractivity contribution in [3.05, 3.63) is 22.1 Å². The highest BCUT2D eigenvalue weighted by Crippen LogP contribution is 1.95. The summed E-state index contributed by atoms with van der Waals surface area (Å²) in [5.74, 6) is -0.469. The molecule has 0 amide bonds. The number of nitrogen functional groups attached to an aromatic ring is 1. The lowest BCUT2D eigenvalue weighted by Crippen LogP contribution is -2.15. The number of nitrogens with zero attached hydrogens (tertiary/aromatic N) is 1. The fourth-order valence-electron chi connectivity index (χ4n) is 0.839. The van der Waals surface area contributed by atoms with Crippen molar-refractivity contribution in [3.8, 4) is 0 Å². The molecule has 0 spiro atoms. The van der Waals surface area contributed by atoms with Gasteiger partial charge in [-0.15, -0.1) is 0 Å². The summed E-state index contributed by atoms with van der Waals surface area (Å²) in [6.07, 6.45) is -0.0510. The standard InChI is InChI=1S/C7H9N3O3/c1-13-6(12)3-4-2-5(11)10-7(8)9-4/h2H,3H2,1H3,(H3,8,9,10,11). The molecule has 1 rings (SSSR count). The number of esters is 1. The van der Waals surface area contributed by atoms with Crippen LogP contribution >= 0.6 is 0 Å². The summed E-state index contributed by atoms with van der Waals surface area (Å²) in [7, 11) is 1.26. The second-order valence-corrected chi connectivity index (χ2v) is 2.37. The molecule has 13 heavy (non-hydrogen) atoms. The van der Waals surface area contributed by atoms with Crippen LogP contribution in [0.5, 0.6) is 0 Å². The van der Waals surface area contributed by atoms with Crippen LogP contribution in [0.4, 0.5) is 5.95 Å². The zero-order valence-electron chi connectivity index (χ0n) is 7.03. The number of carbonyl (C=O) groups excluding carboxylic acids is 1. The average molecular weight is 183 g/mol. The highest BCUT2D eigenvalue weighted by molar-refractivity contribution is 5.71. The van der Waals surface area contributed by atoms with E-state index >= 15 is 0 Å². The van der Waals surface area contributed by atoms with Gasteiger partial charge in [0.15, 0.2) is 0 Å². The van der Waals surface area contributed by atoms with Crippen molar-refractivity contribution in [3.63, 3.8) is 0 Å².